The Labute approximate surface area is 160 Å². The summed E-state index contributed by atoms with van der Waals surface area (Å²) in [6.07, 6.45) is 0.225. The van der Waals surface area contributed by atoms with Gasteiger partial charge in [-0.25, -0.2) is 4.68 Å². The second-order valence-electron chi connectivity index (χ2n) is 6.35. The minimum Gasteiger partial charge on any atom is -0.295 e. The number of aromatic nitrogens is 3. The monoisotopic (exact) mass is 381 g/mol. The number of rotatable bonds is 3. The molecule has 8 heteroatoms. The van der Waals surface area contributed by atoms with Crippen molar-refractivity contribution in [2.24, 2.45) is 0 Å². The van der Waals surface area contributed by atoms with Gasteiger partial charge in [0.25, 0.3) is 11.9 Å². The predicted octanol–water partition coefficient (Wildman–Crippen LogP) is 3.42. The Kier molecular flexibility index (Phi) is 4.37. The molecule has 0 radical (unpaired) electrons. The average Bonchev–Trinajstić information content (AvgIpc) is 3.03. The summed E-state index contributed by atoms with van der Waals surface area (Å²) >= 11 is 5.95. The van der Waals surface area contributed by atoms with E-state index in [9.17, 15) is 9.59 Å². The predicted molar refractivity (Wildman–Crippen MR) is 102 cm³/mol. The molecule has 1 aromatic heterocycles. The SMILES string of the molecule is Cc1cccc(C(=O)Nc2nc3n(n2)[C@H](c2ccc(Cl)cc2)CC(=O)N3)c1. The molecule has 4 rings (SSSR count). The molecule has 1 atom stereocenters. The Morgan fingerprint density at radius 1 is 1.26 bits per heavy atom. The molecule has 0 bridgehead atoms. The Morgan fingerprint density at radius 2 is 2.04 bits per heavy atom. The van der Waals surface area contributed by atoms with Crippen molar-refractivity contribution in [3.63, 3.8) is 0 Å². The van der Waals surface area contributed by atoms with Crippen LogP contribution in [0.1, 0.15) is 33.9 Å². The molecule has 27 heavy (non-hydrogen) atoms. The molecule has 1 aliphatic rings. The third-order valence-corrected chi connectivity index (χ3v) is 4.57. The van der Waals surface area contributed by atoms with Crippen molar-refractivity contribution in [2.75, 3.05) is 10.6 Å². The zero-order valence-corrected chi connectivity index (χ0v) is 15.2. The number of aryl methyl sites for hydroxylation is 1. The maximum atomic E-state index is 12.4. The zero-order chi connectivity index (χ0) is 19.0. The number of nitrogens with zero attached hydrogens (tertiary/aromatic N) is 3. The first-order chi connectivity index (χ1) is 13.0. The van der Waals surface area contributed by atoms with E-state index in [2.05, 4.69) is 20.7 Å². The number of fused-ring (bicyclic) bond motifs is 1. The summed E-state index contributed by atoms with van der Waals surface area (Å²) in [6, 6.07) is 14.1. The van der Waals surface area contributed by atoms with Gasteiger partial charge in [-0.1, -0.05) is 41.4 Å². The van der Waals surface area contributed by atoms with Gasteiger partial charge in [-0.3, -0.25) is 20.2 Å². The lowest BCUT2D eigenvalue weighted by Crippen LogP contribution is -2.29. The van der Waals surface area contributed by atoms with Crippen molar-refractivity contribution in [1.29, 1.82) is 0 Å². The third-order valence-electron chi connectivity index (χ3n) is 4.32. The molecule has 136 valence electrons. The van der Waals surface area contributed by atoms with Crippen LogP contribution in [-0.2, 0) is 4.79 Å². The van der Waals surface area contributed by atoms with Crippen LogP contribution in [0.5, 0.6) is 0 Å². The maximum Gasteiger partial charge on any atom is 0.258 e. The summed E-state index contributed by atoms with van der Waals surface area (Å²) in [6.45, 7) is 1.91. The first-order valence-corrected chi connectivity index (χ1v) is 8.77. The third kappa shape index (κ3) is 3.54. The standard InChI is InChI=1S/C19H16ClN5O2/c1-11-3-2-4-13(9-11)17(27)22-18-23-19-21-16(26)10-15(25(19)24-18)12-5-7-14(20)8-6-12/h2-9,15H,10H2,1H3,(H2,21,22,23,24,26,27)/t15-/m0/s1. The van der Waals surface area contributed by atoms with Gasteiger partial charge in [0.1, 0.15) is 0 Å². The van der Waals surface area contributed by atoms with E-state index in [-0.39, 0.29) is 30.2 Å². The Balaban J connectivity index is 1.63. The number of carbonyl (C=O) groups excluding carboxylic acids is 2. The number of hydrogen-bond donors (Lipinski definition) is 2. The topological polar surface area (TPSA) is 88.9 Å². The van der Waals surface area contributed by atoms with Gasteiger partial charge in [0, 0.05) is 10.6 Å². The van der Waals surface area contributed by atoms with Crippen molar-refractivity contribution in [2.45, 2.75) is 19.4 Å². The first-order valence-electron chi connectivity index (χ1n) is 8.39. The lowest BCUT2D eigenvalue weighted by Gasteiger charge is -2.23. The second kappa shape index (κ2) is 6.85. The molecule has 0 spiro atoms. The average molecular weight is 382 g/mol. The van der Waals surface area contributed by atoms with Crippen molar-refractivity contribution in [3.05, 3.63) is 70.2 Å². The molecule has 3 aromatic rings. The molecular formula is C19H16ClN5O2. The van der Waals surface area contributed by atoms with E-state index in [1.54, 1.807) is 28.9 Å². The molecule has 0 unspecified atom stereocenters. The number of halogens is 1. The number of nitrogens with one attached hydrogen (secondary N) is 2. The van der Waals surface area contributed by atoms with Gasteiger partial charge in [-0.05, 0) is 36.8 Å². The van der Waals surface area contributed by atoms with Crippen LogP contribution in [0, 0.1) is 6.92 Å². The highest BCUT2D eigenvalue weighted by molar-refractivity contribution is 6.30. The van der Waals surface area contributed by atoms with Crippen LogP contribution in [-0.4, -0.2) is 26.6 Å². The van der Waals surface area contributed by atoms with Gasteiger partial charge in [-0.2, -0.15) is 4.98 Å². The molecule has 7 nitrogen and oxygen atoms in total. The van der Waals surface area contributed by atoms with Gasteiger partial charge >= 0.3 is 0 Å². The van der Waals surface area contributed by atoms with E-state index in [0.29, 0.717) is 16.5 Å². The van der Waals surface area contributed by atoms with Crippen LogP contribution in [0.3, 0.4) is 0 Å². The van der Waals surface area contributed by atoms with Gasteiger partial charge < -0.3 is 0 Å². The van der Waals surface area contributed by atoms with Gasteiger partial charge in [0.05, 0.1) is 12.5 Å². The molecule has 2 heterocycles. The molecule has 0 fully saturated rings. The fourth-order valence-electron chi connectivity index (χ4n) is 3.02. The minimum absolute atomic E-state index is 0.137. The molecule has 2 N–H and O–H groups in total. The van der Waals surface area contributed by atoms with Gasteiger partial charge in [-0.15, -0.1) is 5.10 Å². The first kappa shape index (κ1) is 17.2. The van der Waals surface area contributed by atoms with Crippen molar-refractivity contribution >= 4 is 35.3 Å². The van der Waals surface area contributed by atoms with Crippen molar-refractivity contribution < 1.29 is 9.59 Å². The van der Waals surface area contributed by atoms with Crippen LogP contribution in [0.25, 0.3) is 0 Å². The largest absolute Gasteiger partial charge is 0.295 e. The van der Waals surface area contributed by atoms with Gasteiger partial charge in [0.15, 0.2) is 0 Å². The highest BCUT2D eigenvalue weighted by atomic mass is 35.5. The molecule has 0 aliphatic carbocycles. The van der Waals surface area contributed by atoms with Crippen LogP contribution >= 0.6 is 11.6 Å². The van der Waals surface area contributed by atoms with E-state index < -0.39 is 0 Å². The summed E-state index contributed by atoms with van der Waals surface area (Å²) in [5.74, 6) is -0.0363. The number of carbonyl (C=O) groups is 2. The van der Waals surface area contributed by atoms with E-state index in [1.807, 2.05) is 31.2 Å². The molecule has 0 saturated carbocycles. The van der Waals surface area contributed by atoms with E-state index >= 15 is 0 Å². The molecule has 2 aromatic carbocycles. The van der Waals surface area contributed by atoms with E-state index in [4.69, 9.17) is 11.6 Å². The number of amides is 2. The van der Waals surface area contributed by atoms with Crippen LogP contribution in [0.15, 0.2) is 48.5 Å². The molecule has 0 saturated heterocycles. The summed E-state index contributed by atoms with van der Waals surface area (Å²) in [7, 11) is 0. The van der Waals surface area contributed by atoms with E-state index in [0.717, 1.165) is 11.1 Å². The number of anilines is 2. The summed E-state index contributed by atoms with van der Waals surface area (Å²) in [5.41, 5.74) is 2.38. The fraction of sp³-hybridized carbons (Fsp3) is 0.158. The van der Waals surface area contributed by atoms with Crippen LogP contribution < -0.4 is 10.6 Å². The zero-order valence-electron chi connectivity index (χ0n) is 14.4. The molecule has 2 amide bonds. The summed E-state index contributed by atoms with van der Waals surface area (Å²) < 4.78 is 1.61. The Hall–Kier alpha value is -3.19. The maximum absolute atomic E-state index is 12.4. The molecular weight excluding hydrogens is 366 g/mol. The lowest BCUT2D eigenvalue weighted by atomic mass is 10.0. The summed E-state index contributed by atoms with van der Waals surface area (Å²) in [4.78, 5) is 28.7. The number of hydrogen-bond acceptors (Lipinski definition) is 4. The Bertz CT molecular complexity index is 1030. The number of benzene rings is 2. The smallest absolute Gasteiger partial charge is 0.258 e. The quantitative estimate of drug-likeness (QED) is 0.727. The van der Waals surface area contributed by atoms with Gasteiger partial charge in [0.2, 0.25) is 11.9 Å². The highest BCUT2D eigenvalue weighted by Gasteiger charge is 2.29. The summed E-state index contributed by atoms with van der Waals surface area (Å²) in [5, 5.41) is 10.4. The lowest BCUT2D eigenvalue weighted by molar-refractivity contribution is -0.117. The minimum atomic E-state index is -0.317. The van der Waals surface area contributed by atoms with Crippen molar-refractivity contribution in [3.8, 4) is 0 Å². The van der Waals surface area contributed by atoms with Crippen LogP contribution in [0.4, 0.5) is 11.9 Å². The fourth-order valence-corrected chi connectivity index (χ4v) is 3.15. The van der Waals surface area contributed by atoms with Crippen LogP contribution in [0.2, 0.25) is 5.02 Å². The van der Waals surface area contributed by atoms with E-state index in [1.165, 1.54) is 0 Å². The molecule has 1 aliphatic heterocycles. The van der Waals surface area contributed by atoms with Crippen molar-refractivity contribution in [1.82, 2.24) is 14.8 Å². The Morgan fingerprint density at radius 3 is 2.78 bits per heavy atom. The normalized spacial score (nSPS) is 15.8. The second-order valence-corrected chi connectivity index (χ2v) is 6.78. The highest BCUT2D eigenvalue weighted by Crippen LogP contribution is 2.30.